The number of hydrogen-bond acceptors (Lipinski definition) is 2. The molecule has 0 spiro atoms. The Labute approximate surface area is 125 Å². The Morgan fingerprint density at radius 2 is 1.57 bits per heavy atom. The fraction of sp³-hybridized carbons (Fsp3) is 0.500. The zero-order chi connectivity index (χ0) is 4.71. The van der Waals surface area contributed by atoms with Gasteiger partial charge in [-0.2, -0.15) is 0 Å². The summed E-state index contributed by atoms with van der Waals surface area (Å²) in [5.41, 5.74) is 8.89. The molecule has 0 atom stereocenters. The van der Waals surface area contributed by atoms with Crippen LogP contribution in [-0.2, 0) is 0 Å². The Bertz CT molecular complexity index is 24.8. The van der Waals surface area contributed by atoms with Crippen LogP contribution in [-0.4, -0.2) is 40.7 Å². The van der Waals surface area contributed by atoms with Gasteiger partial charge in [-0.15, -0.1) is 0 Å². The molecule has 5 N–H and O–H groups in total. The van der Waals surface area contributed by atoms with Crippen molar-refractivity contribution in [3.63, 3.8) is 0 Å². The molecule has 7 heavy (non-hydrogen) atoms. The van der Waals surface area contributed by atoms with Crippen molar-refractivity contribution in [2.45, 2.75) is 0 Å². The average Bonchev–Trinajstić information content (AvgIpc) is 1.46. The summed E-state index contributed by atoms with van der Waals surface area (Å²) in [7, 11) is 1.50. The van der Waals surface area contributed by atoms with E-state index in [2.05, 4.69) is 11.5 Å². The molecule has 0 rings (SSSR count). The van der Waals surface area contributed by atoms with Crippen LogP contribution in [0.5, 0.6) is 0 Å². The van der Waals surface area contributed by atoms with Crippen molar-refractivity contribution in [2.75, 3.05) is 7.05 Å². The number of hydrogen-bond donors (Lipinski definition) is 3. The van der Waals surface area contributed by atoms with Crippen molar-refractivity contribution in [1.29, 1.82) is 5.41 Å². The molecule has 0 saturated heterocycles. The van der Waals surface area contributed by atoms with Gasteiger partial charge in [0.25, 0.3) is 0 Å². The second kappa shape index (κ2) is 39.8. The minimum absolute atomic E-state index is 0. The summed E-state index contributed by atoms with van der Waals surface area (Å²) in [4.78, 5) is 0. The fourth-order valence-electron chi connectivity index (χ4n) is 0. The van der Waals surface area contributed by atoms with Crippen molar-refractivity contribution in [3.05, 3.63) is 0 Å². The van der Waals surface area contributed by atoms with Crippen LogP contribution in [0.2, 0.25) is 0 Å². The van der Waals surface area contributed by atoms with E-state index in [0.29, 0.717) is 0 Å². The third-order valence-electron chi connectivity index (χ3n) is 0. The van der Waals surface area contributed by atoms with E-state index >= 15 is 0 Å². The van der Waals surface area contributed by atoms with Crippen molar-refractivity contribution >= 4 is 33.6 Å². The third-order valence-corrected chi connectivity index (χ3v) is 0. The summed E-state index contributed by atoms with van der Waals surface area (Å²) in [6.45, 7) is 0. The third kappa shape index (κ3) is 59.6. The zero-order valence-corrected chi connectivity index (χ0v) is 16.7. The molecule has 5 heteroatoms. The number of nitrogens with one attached hydrogen (secondary N) is 1. The molecule has 0 aromatic heterocycles. The molecule has 0 aliphatic carbocycles. The summed E-state index contributed by atoms with van der Waals surface area (Å²) < 4.78 is 0. The van der Waals surface area contributed by atoms with Gasteiger partial charge in [0.1, 0.15) is 0 Å². The molecule has 0 aliphatic rings. The van der Waals surface area contributed by atoms with Gasteiger partial charge in [0, 0.05) is 0 Å². The van der Waals surface area contributed by atoms with E-state index in [1.165, 1.54) is 7.05 Å². The van der Waals surface area contributed by atoms with E-state index in [4.69, 9.17) is 5.41 Å². The predicted molar refractivity (Wildman–Crippen MR) is 32.7 cm³/mol. The summed E-state index contributed by atoms with van der Waals surface area (Å²) >= 11 is 0. The molecule has 2 radical (unpaired) electrons. The van der Waals surface area contributed by atoms with Gasteiger partial charge in [0.2, 0.25) is 0 Å². The first-order valence-electron chi connectivity index (χ1n) is 1.20. The van der Waals surface area contributed by atoms with E-state index in [0.717, 1.165) is 6.34 Å². The van der Waals surface area contributed by atoms with Crippen LogP contribution >= 0.6 is 0 Å². The molecule has 0 aromatic carbocycles. The summed E-state index contributed by atoms with van der Waals surface area (Å²) in [5, 5.41) is 5.86. The minimum atomic E-state index is 0. The second-order valence-corrected chi connectivity index (χ2v) is 0.167. The van der Waals surface area contributed by atoms with Crippen LogP contribution in [0.15, 0.2) is 0 Å². The van der Waals surface area contributed by atoms with Crippen LogP contribution in [0.4, 0.5) is 0 Å². The maximum atomic E-state index is 5.86. The number of rotatable bonds is 0. The monoisotopic (exact) mass is 419 g/mol. The SMILES string of the molecule is CN.N=CN.[Cs+].[H-].[PbH2]. The van der Waals surface area contributed by atoms with Crippen molar-refractivity contribution < 1.29 is 70.3 Å². The summed E-state index contributed by atoms with van der Waals surface area (Å²) in [5.74, 6) is 0. The van der Waals surface area contributed by atoms with Gasteiger partial charge in [0.05, 0.1) is 6.34 Å². The molecule has 0 bridgehead atoms. The quantitative estimate of drug-likeness (QED) is 0.210. The Morgan fingerprint density at radius 1 is 1.57 bits per heavy atom. The number of nitrogens with two attached hydrogens (primary N) is 2. The van der Waals surface area contributed by atoms with Crippen LogP contribution in [0.3, 0.4) is 0 Å². The van der Waals surface area contributed by atoms with E-state index in [1.807, 2.05) is 0 Å². The molecular weight excluding hydrogens is 406 g/mol. The normalized spacial score (nSPS) is 2.57. The second-order valence-electron chi connectivity index (χ2n) is 0.167. The topological polar surface area (TPSA) is 75.9 Å². The van der Waals surface area contributed by atoms with E-state index in [-0.39, 0.29) is 97.6 Å². The van der Waals surface area contributed by atoms with Gasteiger partial charge < -0.3 is 12.9 Å². The molecule has 0 amide bonds. The van der Waals surface area contributed by atoms with Crippen LogP contribution < -0.4 is 80.4 Å². The van der Waals surface area contributed by atoms with Crippen LogP contribution in [0.25, 0.3) is 0 Å². The Balaban J connectivity index is -0.00000000567. The predicted octanol–water partition coefficient (Wildman–Crippen LogP) is -4.67. The molecule has 0 unspecified atom stereocenters. The van der Waals surface area contributed by atoms with E-state index in [1.54, 1.807) is 0 Å². The van der Waals surface area contributed by atoms with Gasteiger partial charge in [-0.1, -0.05) is 0 Å². The Hall–Kier alpha value is 2.40. The van der Waals surface area contributed by atoms with Gasteiger partial charge in [-0.25, -0.2) is 0 Å². The fourth-order valence-corrected chi connectivity index (χ4v) is 0. The molecular formula is C2H12CsN3Pb. The van der Waals surface area contributed by atoms with E-state index < -0.39 is 0 Å². The van der Waals surface area contributed by atoms with Gasteiger partial charge in [0.15, 0.2) is 0 Å². The molecule has 0 aromatic rings. The average molecular weight is 418 g/mol. The van der Waals surface area contributed by atoms with Crippen molar-refractivity contribution in [1.82, 2.24) is 0 Å². The molecule has 40 valence electrons. The molecule has 3 nitrogen and oxygen atoms in total. The first-order chi connectivity index (χ1) is 2.41. The first kappa shape index (κ1) is 22.7. The first-order valence-corrected chi connectivity index (χ1v) is 1.20. The van der Waals surface area contributed by atoms with Gasteiger partial charge in [-0.3, -0.25) is 5.41 Å². The maximum absolute atomic E-state index is 5.86. The molecule has 0 saturated carbocycles. The molecule has 0 fully saturated rings. The summed E-state index contributed by atoms with van der Waals surface area (Å²) in [6.07, 6.45) is 0.750. The van der Waals surface area contributed by atoms with Gasteiger partial charge in [-0.05, 0) is 7.05 Å². The van der Waals surface area contributed by atoms with Crippen molar-refractivity contribution in [2.24, 2.45) is 11.5 Å². The molecule has 0 heterocycles. The van der Waals surface area contributed by atoms with Crippen LogP contribution in [0, 0.1) is 5.41 Å². The van der Waals surface area contributed by atoms with Crippen LogP contribution in [0.1, 0.15) is 1.43 Å². The van der Waals surface area contributed by atoms with Crippen molar-refractivity contribution in [3.8, 4) is 0 Å². The zero-order valence-electron chi connectivity index (χ0n) is 5.94. The standard InChI is InChI=1S/CH4N2.CH5N.Cs.Pb.3H/c2-1-3;1-2;;;;;/h1H,(H3,2,3);2H2,1H3;;;;;/q;;+1;;;;-1. The molecule has 0 aliphatic heterocycles. The Morgan fingerprint density at radius 3 is 1.57 bits per heavy atom. The van der Waals surface area contributed by atoms with E-state index in [9.17, 15) is 0 Å². The Kier molecular flexibility index (Phi) is 129. The summed E-state index contributed by atoms with van der Waals surface area (Å²) in [6, 6.07) is 0. The van der Waals surface area contributed by atoms with Gasteiger partial charge >= 0.3 is 96.2 Å².